The van der Waals surface area contributed by atoms with Crippen LogP contribution in [0, 0.1) is 5.82 Å². The molecule has 0 aliphatic carbocycles. The highest BCUT2D eigenvalue weighted by atomic mass is 19.1. The molecule has 0 unspecified atom stereocenters. The summed E-state index contributed by atoms with van der Waals surface area (Å²) in [4.78, 5) is 25.7. The fourth-order valence-corrected chi connectivity index (χ4v) is 2.97. The van der Waals surface area contributed by atoms with Gasteiger partial charge in [0.1, 0.15) is 11.6 Å². The molecule has 0 bridgehead atoms. The largest absolute Gasteiger partial charge is 0.497 e. The van der Waals surface area contributed by atoms with Gasteiger partial charge < -0.3 is 10.1 Å². The Bertz CT molecular complexity index is 1250. The lowest BCUT2D eigenvalue weighted by Gasteiger charge is -2.12. The molecule has 7 heteroatoms. The number of para-hydroxylation sites is 1. The second-order valence-electron chi connectivity index (χ2n) is 6.27. The zero-order valence-electron chi connectivity index (χ0n) is 15.4. The van der Waals surface area contributed by atoms with Gasteiger partial charge in [-0.05, 0) is 60.7 Å². The average molecular weight is 389 g/mol. The van der Waals surface area contributed by atoms with Gasteiger partial charge >= 0.3 is 0 Å². The summed E-state index contributed by atoms with van der Waals surface area (Å²) < 4.78 is 19.9. The van der Waals surface area contributed by atoms with Crippen LogP contribution in [-0.4, -0.2) is 22.8 Å². The molecule has 0 aliphatic heterocycles. The number of amides is 1. The molecular weight excluding hydrogens is 373 g/mol. The molecule has 1 amide bonds. The number of nitrogens with one attached hydrogen (secondary N) is 1. The second kappa shape index (κ2) is 7.55. The number of fused-ring (bicyclic) bond motifs is 1. The van der Waals surface area contributed by atoms with Gasteiger partial charge in [-0.1, -0.05) is 12.1 Å². The van der Waals surface area contributed by atoms with E-state index in [-0.39, 0.29) is 5.69 Å². The van der Waals surface area contributed by atoms with Crippen LogP contribution in [0.3, 0.4) is 0 Å². The number of nitrogens with zero attached hydrogens (tertiary/aromatic N) is 2. The first kappa shape index (κ1) is 18.4. The predicted molar refractivity (Wildman–Crippen MR) is 108 cm³/mol. The molecule has 1 aromatic heterocycles. The van der Waals surface area contributed by atoms with E-state index in [1.165, 1.54) is 28.9 Å². The minimum absolute atomic E-state index is 0.260. The van der Waals surface area contributed by atoms with Gasteiger partial charge in [0.15, 0.2) is 5.69 Å². The number of hydrogen-bond acceptors (Lipinski definition) is 4. The van der Waals surface area contributed by atoms with Crippen LogP contribution in [-0.2, 0) is 0 Å². The molecule has 0 radical (unpaired) electrons. The molecular formula is C22H16FN3O3. The van der Waals surface area contributed by atoms with Gasteiger partial charge in [-0.2, -0.15) is 5.10 Å². The quantitative estimate of drug-likeness (QED) is 0.576. The second-order valence-corrected chi connectivity index (χ2v) is 6.27. The summed E-state index contributed by atoms with van der Waals surface area (Å²) in [6.45, 7) is 0. The Kier molecular flexibility index (Phi) is 4.78. The lowest BCUT2D eigenvalue weighted by molar-refractivity contribution is 0.102. The number of halogens is 1. The summed E-state index contributed by atoms with van der Waals surface area (Å²) in [5.74, 6) is -0.385. The summed E-state index contributed by atoms with van der Waals surface area (Å²) in [5.41, 5.74) is 0.804. The highest BCUT2D eigenvalue weighted by molar-refractivity contribution is 6.04. The third-order valence-electron chi connectivity index (χ3n) is 4.43. The minimum atomic E-state index is -0.637. The Morgan fingerprint density at radius 3 is 2.38 bits per heavy atom. The fraction of sp³-hybridized carbons (Fsp3) is 0.0455. The number of carbonyl (C=O) groups is 1. The van der Waals surface area contributed by atoms with E-state index in [9.17, 15) is 14.0 Å². The van der Waals surface area contributed by atoms with Crippen molar-refractivity contribution >= 4 is 22.5 Å². The lowest BCUT2D eigenvalue weighted by atomic mass is 10.2. The predicted octanol–water partition coefficient (Wildman–Crippen LogP) is 3.79. The van der Waals surface area contributed by atoms with Crippen molar-refractivity contribution in [2.24, 2.45) is 0 Å². The zero-order valence-corrected chi connectivity index (χ0v) is 15.4. The molecule has 0 atom stereocenters. The molecule has 4 rings (SSSR count). The van der Waals surface area contributed by atoms with Crippen molar-refractivity contribution in [3.63, 3.8) is 0 Å². The number of ether oxygens (including phenoxy) is 1. The molecule has 1 heterocycles. The monoisotopic (exact) mass is 389 g/mol. The first-order valence-electron chi connectivity index (χ1n) is 8.80. The summed E-state index contributed by atoms with van der Waals surface area (Å²) in [6.07, 6.45) is 0. The van der Waals surface area contributed by atoms with Gasteiger partial charge in [-0.3, -0.25) is 9.59 Å². The number of rotatable bonds is 4. The van der Waals surface area contributed by atoms with E-state index in [2.05, 4.69) is 10.4 Å². The molecule has 29 heavy (non-hydrogen) atoms. The molecule has 1 N–H and O–H groups in total. The first-order chi connectivity index (χ1) is 14.1. The maximum atomic E-state index is 13.3. The van der Waals surface area contributed by atoms with Crippen molar-refractivity contribution < 1.29 is 13.9 Å². The summed E-state index contributed by atoms with van der Waals surface area (Å²) >= 11 is 0. The topological polar surface area (TPSA) is 73.2 Å². The molecule has 0 saturated heterocycles. The average Bonchev–Trinajstić information content (AvgIpc) is 2.75. The SMILES string of the molecule is COc1ccc(NC(=O)c2nn(-c3ccc(F)cc3)c3ccccc3c2=O)cc1. The van der Waals surface area contributed by atoms with Crippen LogP contribution in [0.5, 0.6) is 5.75 Å². The first-order valence-corrected chi connectivity index (χ1v) is 8.80. The van der Waals surface area contributed by atoms with Crippen LogP contribution in [0.1, 0.15) is 10.5 Å². The molecule has 0 aliphatic rings. The van der Waals surface area contributed by atoms with Crippen LogP contribution < -0.4 is 15.5 Å². The fourth-order valence-electron chi connectivity index (χ4n) is 2.97. The van der Waals surface area contributed by atoms with E-state index < -0.39 is 17.2 Å². The molecule has 4 aromatic rings. The highest BCUT2D eigenvalue weighted by Gasteiger charge is 2.18. The third kappa shape index (κ3) is 3.58. The van der Waals surface area contributed by atoms with Gasteiger partial charge in [0.25, 0.3) is 5.91 Å². The van der Waals surface area contributed by atoms with Crippen LogP contribution in [0.15, 0.2) is 77.6 Å². The Morgan fingerprint density at radius 2 is 1.69 bits per heavy atom. The number of aromatic nitrogens is 2. The molecule has 3 aromatic carbocycles. The Hall–Kier alpha value is -4.00. The van der Waals surface area contributed by atoms with Crippen molar-refractivity contribution in [3.8, 4) is 11.4 Å². The maximum absolute atomic E-state index is 13.3. The van der Waals surface area contributed by atoms with Gasteiger partial charge in [-0.15, -0.1) is 0 Å². The summed E-state index contributed by atoms with van der Waals surface area (Å²) in [7, 11) is 1.55. The standard InChI is InChI=1S/C22H16FN3O3/c1-29-17-12-8-15(9-13-17)24-22(28)20-21(27)18-4-2-3-5-19(18)26(25-20)16-10-6-14(23)7-11-16/h2-13H,1H3,(H,24,28). The van der Waals surface area contributed by atoms with E-state index >= 15 is 0 Å². The molecule has 0 saturated carbocycles. The molecule has 0 spiro atoms. The molecule has 0 fully saturated rings. The Balaban J connectivity index is 1.81. The van der Waals surface area contributed by atoms with Crippen molar-refractivity contribution in [2.75, 3.05) is 12.4 Å². The van der Waals surface area contributed by atoms with Crippen LogP contribution in [0.2, 0.25) is 0 Å². The van der Waals surface area contributed by atoms with Crippen molar-refractivity contribution in [1.29, 1.82) is 0 Å². The molecule has 6 nitrogen and oxygen atoms in total. The van der Waals surface area contributed by atoms with Gasteiger partial charge in [0.05, 0.1) is 23.7 Å². The smallest absolute Gasteiger partial charge is 0.280 e. The third-order valence-corrected chi connectivity index (χ3v) is 4.43. The van der Waals surface area contributed by atoms with Crippen LogP contribution >= 0.6 is 0 Å². The Morgan fingerprint density at radius 1 is 1.00 bits per heavy atom. The number of benzene rings is 3. The van der Waals surface area contributed by atoms with Crippen molar-refractivity contribution in [3.05, 3.63) is 94.5 Å². The highest BCUT2D eigenvalue weighted by Crippen LogP contribution is 2.18. The van der Waals surface area contributed by atoms with E-state index in [0.29, 0.717) is 28.0 Å². The molecule has 144 valence electrons. The Labute approximate surface area is 165 Å². The maximum Gasteiger partial charge on any atom is 0.280 e. The van der Waals surface area contributed by atoms with Crippen LogP contribution in [0.25, 0.3) is 16.6 Å². The van der Waals surface area contributed by atoms with Gasteiger partial charge in [0, 0.05) is 5.69 Å². The number of carbonyl (C=O) groups excluding carboxylic acids is 1. The normalized spacial score (nSPS) is 10.7. The number of anilines is 1. The zero-order chi connectivity index (χ0) is 20.4. The number of methoxy groups -OCH3 is 1. The van der Waals surface area contributed by atoms with E-state index in [0.717, 1.165) is 0 Å². The van der Waals surface area contributed by atoms with E-state index in [1.807, 2.05) is 0 Å². The van der Waals surface area contributed by atoms with Crippen molar-refractivity contribution in [1.82, 2.24) is 9.78 Å². The van der Waals surface area contributed by atoms with Crippen LogP contribution in [0.4, 0.5) is 10.1 Å². The number of hydrogen-bond donors (Lipinski definition) is 1. The van der Waals surface area contributed by atoms with Gasteiger partial charge in [0.2, 0.25) is 5.43 Å². The van der Waals surface area contributed by atoms with Gasteiger partial charge in [-0.25, -0.2) is 9.07 Å². The summed E-state index contributed by atoms with van der Waals surface area (Å²) in [5, 5.41) is 7.29. The van der Waals surface area contributed by atoms with Crippen molar-refractivity contribution in [2.45, 2.75) is 0 Å². The van der Waals surface area contributed by atoms with E-state index in [4.69, 9.17) is 4.74 Å². The summed E-state index contributed by atoms with van der Waals surface area (Å²) in [6, 6.07) is 19.2. The minimum Gasteiger partial charge on any atom is -0.497 e. The lowest BCUT2D eigenvalue weighted by Crippen LogP contribution is -2.26. The van der Waals surface area contributed by atoms with E-state index in [1.54, 1.807) is 55.6 Å².